The fraction of sp³-hybridized carbons (Fsp3) is 0. The molecule has 0 unspecified atom stereocenters. The fourth-order valence-corrected chi connectivity index (χ4v) is 4.18. The Morgan fingerprint density at radius 3 is 2.41 bits per heavy atom. The van der Waals surface area contributed by atoms with Crippen LogP contribution in [0.5, 0.6) is 0 Å². The van der Waals surface area contributed by atoms with Gasteiger partial charge >= 0.3 is 0 Å². The third-order valence-electron chi connectivity index (χ3n) is 5.57. The van der Waals surface area contributed by atoms with Gasteiger partial charge in [0, 0.05) is 16.1 Å². The molecule has 3 heterocycles. The minimum atomic E-state index is -0.477. The number of pyridine rings is 1. The van der Waals surface area contributed by atoms with Crippen molar-refractivity contribution in [3.8, 4) is 22.9 Å². The molecule has 0 bridgehead atoms. The Morgan fingerprint density at radius 2 is 1.59 bits per heavy atom. The first-order valence-electron chi connectivity index (χ1n) is 10.5. The molecule has 0 N–H and O–H groups in total. The molecule has 0 saturated heterocycles. The summed E-state index contributed by atoms with van der Waals surface area (Å²) >= 11 is 3.41. The summed E-state index contributed by atoms with van der Waals surface area (Å²) in [6, 6.07) is 25.0. The second-order valence-corrected chi connectivity index (χ2v) is 8.62. The topological polar surface area (TPSA) is 65.6 Å². The zero-order chi connectivity index (χ0) is 23.2. The lowest BCUT2D eigenvalue weighted by molar-refractivity contribution is 0.629. The van der Waals surface area contributed by atoms with Crippen molar-refractivity contribution in [3.05, 3.63) is 112 Å². The number of hydrogen-bond acceptors (Lipinski definition) is 4. The zero-order valence-electron chi connectivity index (χ0n) is 17.6. The molecule has 0 aliphatic carbocycles. The molecule has 6 rings (SSSR count). The van der Waals surface area contributed by atoms with Crippen molar-refractivity contribution in [3.63, 3.8) is 0 Å². The van der Waals surface area contributed by atoms with Crippen LogP contribution in [0.4, 0.5) is 4.39 Å². The Labute approximate surface area is 201 Å². The standard InChI is InChI=1S/C26H15BrFN5O/c27-17-10-12-18(13-11-17)33-25(19-6-2-3-7-21(19)28)30-24-20(26(33)34)15-32(31-24)23-14-9-16-5-1-4-8-22(16)29-23/h1-15H. The van der Waals surface area contributed by atoms with Crippen LogP contribution in [-0.2, 0) is 0 Å². The van der Waals surface area contributed by atoms with Crippen LogP contribution >= 0.6 is 15.9 Å². The van der Waals surface area contributed by atoms with Crippen molar-refractivity contribution in [1.29, 1.82) is 0 Å². The second-order valence-electron chi connectivity index (χ2n) is 7.71. The summed E-state index contributed by atoms with van der Waals surface area (Å²) in [4.78, 5) is 23.0. The van der Waals surface area contributed by atoms with Crippen LogP contribution < -0.4 is 5.56 Å². The minimum Gasteiger partial charge on any atom is -0.268 e. The molecular formula is C26H15BrFN5O. The van der Waals surface area contributed by atoms with E-state index in [1.807, 2.05) is 48.5 Å². The molecule has 164 valence electrons. The van der Waals surface area contributed by atoms with E-state index < -0.39 is 5.82 Å². The first-order valence-corrected chi connectivity index (χ1v) is 11.3. The van der Waals surface area contributed by atoms with Crippen molar-refractivity contribution in [2.24, 2.45) is 0 Å². The van der Waals surface area contributed by atoms with Gasteiger partial charge in [-0.05, 0) is 54.6 Å². The molecule has 0 radical (unpaired) electrons. The molecule has 3 aromatic carbocycles. The molecule has 0 saturated carbocycles. The maximum atomic E-state index is 14.8. The summed E-state index contributed by atoms with van der Waals surface area (Å²) in [7, 11) is 0. The number of fused-ring (bicyclic) bond motifs is 2. The Hall–Kier alpha value is -4.17. The van der Waals surface area contributed by atoms with E-state index >= 15 is 0 Å². The predicted molar refractivity (Wildman–Crippen MR) is 133 cm³/mol. The monoisotopic (exact) mass is 511 g/mol. The Balaban J connectivity index is 1.62. The van der Waals surface area contributed by atoms with Gasteiger partial charge < -0.3 is 0 Å². The van der Waals surface area contributed by atoms with Gasteiger partial charge in [0.15, 0.2) is 17.3 Å². The van der Waals surface area contributed by atoms with E-state index in [0.717, 1.165) is 15.4 Å². The Bertz CT molecular complexity index is 1760. The van der Waals surface area contributed by atoms with Gasteiger partial charge in [0.25, 0.3) is 5.56 Å². The van der Waals surface area contributed by atoms with E-state index in [4.69, 9.17) is 0 Å². The van der Waals surface area contributed by atoms with Crippen molar-refractivity contribution in [1.82, 2.24) is 24.3 Å². The van der Waals surface area contributed by atoms with E-state index in [1.54, 1.807) is 36.5 Å². The lowest BCUT2D eigenvalue weighted by Crippen LogP contribution is -2.21. The number of rotatable bonds is 3. The summed E-state index contributed by atoms with van der Waals surface area (Å²) in [5.74, 6) is 0.253. The van der Waals surface area contributed by atoms with Crippen molar-refractivity contribution in [2.45, 2.75) is 0 Å². The van der Waals surface area contributed by atoms with E-state index in [1.165, 1.54) is 15.3 Å². The minimum absolute atomic E-state index is 0.176. The molecule has 0 spiro atoms. The van der Waals surface area contributed by atoms with Gasteiger partial charge in [0.2, 0.25) is 0 Å². The summed E-state index contributed by atoms with van der Waals surface area (Å²) in [5.41, 5.74) is 1.45. The van der Waals surface area contributed by atoms with Crippen molar-refractivity contribution < 1.29 is 4.39 Å². The van der Waals surface area contributed by atoms with Crippen LogP contribution in [-0.4, -0.2) is 24.3 Å². The second kappa shape index (κ2) is 8.00. The number of hydrogen-bond donors (Lipinski definition) is 0. The molecule has 34 heavy (non-hydrogen) atoms. The summed E-state index contributed by atoms with van der Waals surface area (Å²) < 4.78 is 18.6. The van der Waals surface area contributed by atoms with Crippen LogP contribution in [0, 0.1) is 5.82 Å². The average Bonchev–Trinajstić information content (AvgIpc) is 3.30. The van der Waals surface area contributed by atoms with E-state index in [-0.39, 0.29) is 22.6 Å². The molecule has 0 aliphatic rings. The number of aromatic nitrogens is 5. The lowest BCUT2D eigenvalue weighted by atomic mass is 10.1. The Morgan fingerprint density at radius 1 is 0.824 bits per heavy atom. The highest BCUT2D eigenvalue weighted by Gasteiger charge is 2.19. The maximum absolute atomic E-state index is 14.8. The molecule has 8 heteroatoms. The number of para-hydroxylation sites is 1. The van der Waals surface area contributed by atoms with E-state index in [9.17, 15) is 9.18 Å². The maximum Gasteiger partial charge on any atom is 0.269 e. The molecule has 0 aliphatic heterocycles. The number of halogens is 2. The van der Waals surface area contributed by atoms with Gasteiger partial charge in [-0.2, -0.15) is 0 Å². The zero-order valence-corrected chi connectivity index (χ0v) is 19.1. The summed E-state index contributed by atoms with van der Waals surface area (Å²) in [6.07, 6.45) is 1.61. The van der Waals surface area contributed by atoms with Crippen molar-refractivity contribution >= 4 is 37.9 Å². The van der Waals surface area contributed by atoms with Gasteiger partial charge in [0.05, 0.1) is 16.8 Å². The summed E-state index contributed by atoms with van der Waals surface area (Å²) in [5, 5.41) is 5.82. The molecule has 0 amide bonds. The average molecular weight is 512 g/mol. The van der Waals surface area contributed by atoms with Crippen LogP contribution in [0.2, 0.25) is 0 Å². The Kier molecular flexibility index (Phi) is 4.81. The summed E-state index contributed by atoms with van der Waals surface area (Å²) in [6.45, 7) is 0. The fourth-order valence-electron chi connectivity index (χ4n) is 3.92. The third kappa shape index (κ3) is 3.39. The van der Waals surface area contributed by atoms with Gasteiger partial charge in [-0.3, -0.25) is 9.36 Å². The van der Waals surface area contributed by atoms with Gasteiger partial charge in [0.1, 0.15) is 11.2 Å². The number of nitrogens with zero attached hydrogens (tertiary/aromatic N) is 5. The third-order valence-corrected chi connectivity index (χ3v) is 6.10. The van der Waals surface area contributed by atoms with Crippen LogP contribution in [0.3, 0.4) is 0 Å². The smallest absolute Gasteiger partial charge is 0.268 e. The quantitative estimate of drug-likeness (QED) is 0.306. The normalized spacial score (nSPS) is 11.4. The molecule has 3 aromatic heterocycles. The van der Waals surface area contributed by atoms with Crippen LogP contribution in [0.25, 0.3) is 44.8 Å². The van der Waals surface area contributed by atoms with E-state index in [2.05, 4.69) is 31.0 Å². The SMILES string of the molecule is O=c1c2cn(-c3ccc4ccccc4n3)nc2nc(-c2ccccc2F)n1-c1ccc(Br)cc1. The highest BCUT2D eigenvalue weighted by molar-refractivity contribution is 9.10. The first kappa shape index (κ1) is 20.4. The first-order chi connectivity index (χ1) is 16.6. The highest BCUT2D eigenvalue weighted by Crippen LogP contribution is 2.25. The van der Waals surface area contributed by atoms with Crippen LogP contribution in [0.1, 0.15) is 0 Å². The lowest BCUT2D eigenvalue weighted by Gasteiger charge is -2.13. The molecule has 6 aromatic rings. The van der Waals surface area contributed by atoms with E-state index in [0.29, 0.717) is 16.9 Å². The van der Waals surface area contributed by atoms with Gasteiger partial charge in [-0.15, -0.1) is 5.10 Å². The predicted octanol–water partition coefficient (Wildman–Crippen LogP) is 5.69. The molecule has 0 atom stereocenters. The van der Waals surface area contributed by atoms with Gasteiger partial charge in [-0.25, -0.2) is 19.0 Å². The largest absolute Gasteiger partial charge is 0.269 e. The van der Waals surface area contributed by atoms with Gasteiger partial charge in [-0.1, -0.05) is 46.3 Å². The molecular weight excluding hydrogens is 497 g/mol. The van der Waals surface area contributed by atoms with Crippen molar-refractivity contribution in [2.75, 3.05) is 0 Å². The van der Waals surface area contributed by atoms with Crippen LogP contribution in [0.15, 0.2) is 100 Å². The number of benzene rings is 3. The highest BCUT2D eigenvalue weighted by atomic mass is 79.9. The molecule has 6 nitrogen and oxygen atoms in total. The molecule has 0 fully saturated rings.